The summed E-state index contributed by atoms with van der Waals surface area (Å²) in [6, 6.07) is 6.71. The lowest BCUT2D eigenvalue weighted by atomic mass is 10.2. The van der Waals surface area contributed by atoms with E-state index in [-0.39, 0.29) is 18.3 Å². The number of sulfonamides is 1. The molecule has 1 aliphatic rings. The SMILES string of the molecule is CC(=O)NCc1ccc(S(=O)(=O)N2CCCN(C)CC2)cc1.Cl. The molecule has 2 rings (SSSR count). The predicted molar refractivity (Wildman–Crippen MR) is 92.1 cm³/mol. The van der Waals surface area contributed by atoms with Crippen molar-refractivity contribution < 1.29 is 13.2 Å². The molecule has 130 valence electrons. The van der Waals surface area contributed by atoms with Crippen molar-refractivity contribution in [2.75, 3.05) is 33.2 Å². The highest BCUT2D eigenvalue weighted by Gasteiger charge is 2.25. The molecule has 0 bridgehead atoms. The fourth-order valence-electron chi connectivity index (χ4n) is 2.42. The van der Waals surface area contributed by atoms with Gasteiger partial charge in [-0.15, -0.1) is 12.4 Å². The summed E-state index contributed by atoms with van der Waals surface area (Å²) in [6.45, 7) is 4.60. The molecule has 1 aromatic carbocycles. The van der Waals surface area contributed by atoms with Crippen LogP contribution in [0.3, 0.4) is 0 Å². The Kier molecular flexibility index (Phi) is 7.47. The van der Waals surface area contributed by atoms with Gasteiger partial charge in [-0.3, -0.25) is 4.79 Å². The largest absolute Gasteiger partial charge is 0.352 e. The molecule has 0 unspecified atom stereocenters. The Bertz CT molecular complexity index is 619. The topological polar surface area (TPSA) is 69.7 Å². The van der Waals surface area contributed by atoms with E-state index in [1.807, 2.05) is 7.05 Å². The van der Waals surface area contributed by atoms with E-state index < -0.39 is 10.0 Å². The van der Waals surface area contributed by atoms with Gasteiger partial charge in [-0.05, 0) is 37.7 Å². The fraction of sp³-hybridized carbons (Fsp3) is 0.533. The average molecular weight is 362 g/mol. The van der Waals surface area contributed by atoms with Crippen molar-refractivity contribution in [1.29, 1.82) is 0 Å². The molecule has 0 spiro atoms. The molecular weight excluding hydrogens is 338 g/mol. The van der Waals surface area contributed by atoms with E-state index in [1.165, 1.54) is 6.92 Å². The van der Waals surface area contributed by atoms with Gasteiger partial charge in [0.15, 0.2) is 0 Å². The predicted octanol–water partition coefficient (Wildman–Crippen LogP) is 1.07. The van der Waals surface area contributed by atoms with Crippen LogP contribution >= 0.6 is 12.4 Å². The highest BCUT2D eigenvalue weighted by atomic mass is 35.5. The molecule has 0 saturated carbocycles. The van der Waals surface area contributed by atoms with Crippen LogP contribution in [0.5, 0.6) is 0 Å². The number of rotatable bonds is 4. The molecule has 1 aliphatic heterocycles. The standard InChI is InChI=1S/C15H23N3O3S.ClH/c1-13(19)16-12-14-4-6-15(7-5-14)22(20,21)18-9-3-8-17(2)10-11-18;/h4-7H,3,8-12H2,1-2H3,(H,16,19);1H. The molecule has 0 aliphatic carbocycles. The Morgan fingerprint density at radius 2 is 1.78 bits per heavy atom. The zero-order chi connectivity index (χ0) is 16.2. The molecule has 0 atom stereocenters. The van der Waals surface area contributed by atoms with Gasteiger partial charge in [-0.25, -0.2) is 8.42 Å². The van der Waals surface area contributed by atoms with E-state index >= 15 is 0 Å². The molecule has 1 saturated heterocycles. The quantitative estimate of drug-likeness (QED) is 0.871. The highest BCUT2D eigenvalue weighted by Crippen LogP contribution is 2.18. The average Bonchev–Trinajstić information content (AvgIpc) is 2.70. The molecule has 8 heteroatoms. The molecular formula is C15H24ClN3O3S. The van der Waals surface area contributed by atoms with Crippen LogP contribution in [-0.4, -0.2) is 56.8 Å². The lowest BCUT2D eigenvalue weighted by Gasteiger charge is -2.20. The number of hydrogen-bond donors (Lipinski definition) is 1. The second-order valence-corrected chi connectivity index (χ2v) is 7.55. The number of hydrogen-bond acceptors (Lipinski definition) is 4. The number of carbonyl (C=O) groups is 1. The van der Waals surface area contributed by atoms with Gasteiger partial charge < -0.3 is 10.2 Å². The summed E-state index contributed by atoms with van der Waals surface area (Å²) >= 11 is 0. The Morgan fingerprint density at radius 1 is 1.13 bits per heavy atom. The monoisotopic (exact) mass is 361 g/mol. The van der Waals surface area contributed by atoms with E-state index in [2.05, 4.69) is 10.2 Å². The van der Waals surface area contributed by atoms with Crippen LogP contribution < -0.4 is 5.32 Å². The molecule has 1 heterocycles. The van der Waals surface area contributed by atoms with Crippen molar-refractivity contribution in [2.24, 2.45) is 0 Å². The summed E-state index contributed by atoms with van der Waals surface area (Å²) in [5, 5.41) is 2.69. The van der Waals surface area contributed by atoms with Crippen molar-refractivity contribution in [3.63, 3.8) is 0 Å². The summed E-state index contributed by atoms with van der Waals surface area (Å²) in [4.78, 5) is 13.3. The van der Waals surface area contributed by atoms with Gasteiger partial charge >= 0.3 is 0 Å². The van der Waals surface area contributed by atoms with Crippen molar-refractivity contribution in [3.05, 3.63) is 29.8 Å². The molecule has 1 N–H and O–H groups in total. The molecule has 0 aromatic heterocycles. The van der Waals surface area contributed by atoms with E-state index in [0.717, 1.165) is 25.1 Å². The Balaban J connectivity index is 0.00000264. The van der Waals surface area contributed by atoms with Gasteiger partial charge in [0.1, 0.15) is 0 Å². The number of carbonyl (C=O) groups excluding carboxylic acids is 1. The van der Waals surface area contributed by atoms with Crippen LogP contribution in [-0.2, 0) is 21.4 Å². The number of amides is 1. The Morgan fingerprint density at radius 3 is 2.39 bits per heavy atom. The molecule has 1 fully saturated rings. The summed E-state index contributed by atoms with van der Waals surface area (Å²) in [7, 11) is -1.43. The van der Waals surface area contributed by atoms with E-state index in [9.17, 15) is 13.2 Å². The van der Waals surface area contributed by atoms with Crippen LogP contribution in [0.15, 0.2) is 29.2 Å². The normalized spacial score (nSPS) is 17.1. The third-order valence-electron chi connectivity index (χ3n) is 3.78. The lowest BCUT2D eigenvalue weighted by Crippen LogP contribution is -2.34. The van der Waals surface area contributed by atoms with Gasteiger partial charge in [-0.1, -0.05) is 12.1 Å². The van der Waals surface area contributed by atoms with E-state index in [1.54, 1.807) is 28.6 Å². The number of likely N-dealkylation sites (N-methyl/N-ethyl adjacent to an activating group) is 1. The van der Waals surface area contributed by atoms with Crippen molar-refractivity contribution in [2.45, 2.75) is 24.8 Å². The van der Waals surface area contributed by atoms with Crippen LogP contribution in [0.2, 0.25) is 0 Å². The van der Waals surface area contributed by atoms with Gasteiger partial charge in [0, 0.05) is 33.1 Å². The number of benzene rings is 1. The fourth-order valence-corrected chi connectivity index (χ4v) is 3.89. The zero-order valence-corrected chi connectivity index (χ0v) is 15.1. The Hall–Kier alpha value is -1.15. The van der Waals surface area contributed by atoms with Gasteiger partial charge in [0.25, 0.3) is 0 Å². The summed E-state index contributed by atoms with van der Waals surface area (Å²) in [5.74, 6) is -0.106. The molecule has 6 nitrogen and oxygen atoms in total. The number of halogens is 1. The maximum Gasteiger partial charge on any atom is 0.243 e. The highest BCUT2D eigenvalue weighted by molar-refractivity contribution is 7.89. The first-order chi connectivity index (χ1) is 10.4. The van der Waals surface area contributed by atoms with Crippen LogP contribution in [0.4, 0.5) is 0 Å². The smallest absolute Gasteiger partial charge is 0.243 e. The third-order valence-corrected chi connectivity index (χ3v) is 5.69. The summed E-state index contributed by atoms with van der Waals surface area (Å²) in [6.07, 6.45) is 0.844. The van der Waals surface area contributed by atoms with Crippen LogP contribution in [0.1, 0.15) is 18.9 Å². The van der Waals surface area contributed by atoms with Gasteiger partial charge in [0.05, 0.1) is 4.90 Å². The second kappa shape index (κ2) is 8.63. The molecule has 0 radical (unpaired) electrons. The minimum Gasteiger partial charge on any atom is -0.352 e. The molecule has 23 heavy (non-hydrogen) atoms. The molecule has 1 aromatic rings. The minimum absolute atomic E-state index is 0. The molecule has 1 amide bonds. The van der Waals surface area contributed by atoms with E-state index in [0.29, 0.717) is 24.5 Å². The number of nitrogens with one attached hydrogen (secondary N) is 1. The Labute approximate surface area is 144 Å². The number of nitrogens with zero attached hydrogens (tertiary/aromatic N) is 2. The van der Waals surface area contributed by atoms with Crippen molar-refractivity contribution >= 4 is 28.3 Å². The minimum atomic E-state index is -3.44. The second-order valence-electron chi connectivity index (χ2n) is 5.61. The first kappa shape index (κ1) is 19.9. The summed E-state index contributed by atoms with van der Waals surface area (Å²) in [5.41, 5.74) is 0.879. The maximum absolute atomic E-state index is 12.7. The van der Waals surface area contributed by atoms with Crippen LogP contribution in [0.25, 0.3) is 0 Å². The lowest BCUT2D eigenvalue weighted by molar-refractivity contribution is -0.119. The van der Waals surface area contributed by atoms with Gasteiger partial charge in [-0.2, -0.15) is 4.31 Å². The maximum atomic E-state index is 12.7. The first-order valence-electron chi connectivity index (χ1n) is 7.41. The first-order valence-corrected chi connectivity index (χ1v) is 8.85. The summed E-state index contributed by atoms with van der Waals surface area (Å²) < 4.78 is 26.9. The zero-order valence-electron chi connectivity index (χ0n) is 13.5. The third kappa shape index (κ3) is 5.46. The van der Waals surface area contributed by atoms with Crippen molar-refractivity contribution in [1.82, 2.24) is 14.5 Å². The van der Waals surface area contributed by atoms with Gasteiger partial charge in [0.2, 0.25) is 15.9 Å². The van der Waals surface area contributed by atoms with Crippen molar-refractivity contribution in [3.8, 4) is 0 Å². The van der Waals surface area contributed by atoms with Crippen LogP contribution in [0, 0.1) is 0 Å². The van der Waals surface area contributed by atoms with E-state index in [4.69, 9.17) is 0 Å².